The fourth-order valence-corrected chi connectivity index (χ4v) is 3.92. The molecule has 2 aromatic heterocycles. The number of nitrogens with one attached hydrogen (secondary N) is 1. The van der Waals surface area contributed by atoms with E-state index >= 15 is 0 Å². The summed E-state index contributed by atoms with van der Waals surface area (Å²) in [7, 11) is -3.28. The van der Waals surface area contributed by atoms with Crippen molar-refractivity contribution in [3.05, 3.63) is 71.7 Å². The fourth-order valence-electron chi connectivity index (χ4n) is 3.03. The monoisotopic (exact) mass is 455 g/mol. The molecule has 0 saturated heterocycles. The Morgan fingerprint density at radius 3 is 2.31 bits per heavy atom. The van der Waals surface area contributed by atoms with Crippen LogP contribution in [-0.2, 0) is 26.5 Å². The van der Waals surface area contributed by atoms with Crippen LogP contribution in [-0.4, -0.2) is 35.8 Å². The predicted octanol–water partition coefficient (Wildman–Crippen LogP) is 3.51. The van der Waals surface area contributed by atoms with E-state index in [1.54, 1.807) is 52.0 Å². The number of pyridine rings is 1. The largest absolute Gasteiger partial charge is 0.448 e. The van der Waals surface area contributed by atoms with Crippen LogP contribution >= 0.6 is 0 Å². The molecule has 0 radical (unpaired) electrons. The van der Waals surface area contributed by atoms with Gasteiger partial charge >= 0.3 is 0 Å². The molecule has 3 rings (SSSR count). The number of hydrogen-bond donors (Lipinski definition) is 1. The quantitative estimate of drug-likeness (QED) is 0.516. The van der Waals surface area contributed by atoms with E-state index in [-0.39, 0.29) is 34.5 Å². The number of anilines is 1. The summed E-state index contributed by atoms with van der Waals surface area (Å²) in [4.78, 5) is 33.9. The van der Waals surface area contributed by atoms with E-state index in [0.29, 0.717) is 22.8 Å². The first-order chi connectivity index (χ1) is 15.0. The zero-order valence-corrected chi connectivity index (χ0v) is 19.2. The number of aromatic nitrogens is 2. The highest BCUT2D eigenvalue weighted by molar-refractivity contribution is 7.91. The number of amides is 1. The van der Waals surface area contributed by atoms with Crippen LogP contribution in [0.2, 0.25) is 0 Å². The van der Waals surface area contributed by atoms with Crippen molar-refractivity contribution in [3.8, 4) is 0 Å². The molecule has 2 heterocycles. The lowest BCUT2D eigenvalue weighted by atomic mass is 9.86. The third-order valence-corrected chi connectivity index (χ3v) is 6.78. The Hall–Kier alpha value is -3.33. The highest BCUT2D eigenvalue weighted by atomic mass is 32.2. The van der Waals surface area contributed by atoms with Crippen molar-refractivity contribution in [2.75, 3.05) is 11.1 Å². The Kier molecular flexibility index (Phi) is 6.59. The van der Waals surface area contributed by atoms with Crippen LogP contribution in [0.25, 0.3) is 0 Å². The Labute approximate surface area is 187 Å². The van der Waals surface area contributed by atoms with Gasteiger partial charge in [0, 0.05) is 0 Å². The van der Waals surface area contributed by atoms with E-state index in [1.807, 2.05) is 0 Å². The lowest BCUT2D eigenvalue weighted by molar-refractivity contribution is -0.115. The number of hydrogen-bond acceptors (Lipinski definition) is 7. The van der Waals surface area contributed by atoms with Crippen molar-refractivity contribution in [2.45, 2.75) is 44.4 Å². The molecule has 168 valence electrons. The second kappa shape index (κ2) is 9.04. The van der Waals surface area contributed by atoms with Crippen LogP contribution in [0.1, 0.15) is 48.4 Å². The van der Waals surface area contributed by atoms with Gasteiger partial charge in [0.25, 0.3) is 0 Å². The van der Waals surface area contributed by atoms with Crippen molar-refractivity contribution in [3.63, 3.8) is 0 Å². The van der Waals surface area contributed by atoms with Gasteiger partial charge < -0.3 is 9.73 Å². The Morgan fingerprint density at radius 1 is 1.09 bits per heavy atom. The predicted molar refractivity (Wildman–Crippen MR) is 119 cm³/mol. The maximum Gasteiger partial charge on any atom is 0.228 e. The molecule has 0 atom stereocenters. The molecular weight excluding hydrogens is 430 g/mol. The van der Waals surface area contributed by atoms with Gasteiger partial charge in [-0.25, -0.2) is 13.4 Å². The number of ketones is 1. The number of oxazole rings is 1. The standard InChI is InChI=1S/C23H25N3O5S/c1-5-32(29,30)18-9-6-16(7-10-18)12-20(27)26-17-8-11-19(24-13-17)21(28)23(3,4)22-25-15(2)14-31-22/h6-11,13-14H,5,12H2,1-4H3,(H,26,27). The summed E-state index contributed by atoms with van der Waals surface area (Å²) >= 11 is 0. The summed E-state index contributed by atoms with van der Waals surface area (Å²) in [5.74, 6) is -0.198. The lowest BCUT2D eigenvalue weighted by Gasteiger charge is -2.18. The van der Waals surface area contributed by atoms with Crippen molar-refractivity contribution in [1.29, 1.82) is 0 Å². The third-order valence-electron chi connectivity index (χ3n) is 5.03. The molecule has 0 aliphatic rings. The summed E-state index contributed by atoms with van der Waals surface area (Å²) in [5, 5.41) is 2.72. The van der Waals surface area contributed by atoms with E-state index in [0.717, 1.165) is 0 Å². The van der Waals surface area contributed by atoms with E-state index in [9.17, 15) is 18.0 Å². The van der Waals surface area contributed by atoms with Crippen LogP contribution in [0.3, 0.4) is 0 Å². The van der Waals surface area contributed by atoms with Crippen LogP contribution in [0.15, 0.2) is 58.2 Å². The van der Waals surface area contributed by atoms with Gasteiger partial charge in [-0.1, -0.05) is 19.1 Å². The van der Waals surface area contributed by atoms with Crippen molar-refractivity contribution in [2.24, 2.45) is 0 Å². The first-order valence-electron chi connectivity index (χ1n) is 10.1. The number of Topliss-reactive ketones (excluding diaryl/α,β-unsaturated/α-hetero) is 1. The summed E-state index contributed by atoms with van der Waals surface area (Å²) in [5.41, 5.74) is 1.07. The maximum absolute atomic E-state index is 12.9. The molecule has 1 N–H and O–H groups in total. The summed E-state index contributed by atoms with van der Waals surface area (Å²) in [6.07, 6.45) is 2.98. The molecule has 3 aromatic rings. The van der Waals surface area contributed by atoms with Crippen LogP contribution in [0.5, 0.6) is 0 Å². The lowest BCUT2D eigenvalue weighted by Crippen LogP contribution is -2.30. The second-order valence-electron chi connectivity index (χ2n) is 7.95. The van der Waals surface area contributed by atoms with Gasteiger partial charge in [-0.2, -0.15) is 0 Å². The third kappa shape index (κ3) is 5.11. The Balaban J connectivity index is 1.64. The molecule has 0 aliphatic carbocycles. The van der Waals surface area contributed by atoms with Gasteiger partial charge in [0.05, 0.1) is 34.6 Å². The summed E-state index contributed by atoms with van der Waals surface area (Å²) in [6, 6.07) is 9.39. The molecule has 8 nitrogen and oxygen atoms in total. The zero-order valence-electron chi connectivity index (χ0n) is 18.4. The molecule has 0 aliphatic heterocycles. The summed E-state index contributed by atoms with van der Waals surface area (Å²) < 4.78 is 29.1. The number of carbonyl (C=O) groups is 2. The van der Waals surface area contributed by atoms with Crippen LogP contribution in [0, 0.1) is 6.92 Å². The highest BCUT2D eigenvalue weighted by Gasteiger charge is 2.36. The smallest absolute Gasteiger partial charge is 0.228 e. The zero-order chi connectivity index (χ0) is 23.5. The minimum Gasteiger partial charge on any atom is -0.448 e. The first kappa shape index (κ1) is 23.3. The van der Waals surface area contributed by atoms with E-state index in [4.69, 9.17) is 4.42 Å². The normalized spacial score (nSPS) is 11.9. The average Bonchev–Trinajstić information content (AvgIpc) is 3.21. The molecule has 32 heavy (non-hydrogen) atoms. The number of rotatable bonds is 8. The Morgan fingerprint density at radius 2 is 1.78 bits per heavy atom. The SMILES string of the molecule is CCS(=O)(=O)c1ccc(CC(=O)Nc2ccc(C(=O)C(C)(C)c3nc(C)co3)nc2)cc1. The number of nitrogens with zero attached hydrogens (tertiary/aromatic N) is 2. The number of aryl methyl sites for hydroxylation is 1. The minimum atomic E-state index is -3.28. The highest BCUT2D eigenvalue weighted by Crippen LogP contribution is 2.27. The molecule has 0 bridgehead atoms. The van der Waals surface area contributed by atoms with Crippen molar-refractivity contribution in [1.82, 2.24) is 9.97 Å². The van der Waals surface area contributed by atoms with Gasteiger partial charge in [0.1, 0.15) is 17.4 Å². The molecule has 1 aromatic carbocycles. The topological polar surface area (TPSA) is 119 Å². The molecule has 0 spiro atoms. The molecular formula is C23H25N3O5S. The first-order valence-corrected chi connectivity index (χ1v) is 11.7. The number of carbonyl (C=O) groups excluding carboxylic acids is 2. The molecule has 1 amide bonds. The molecule has 0 unspecified atom stereocenters. The maximum atomic E-state index is 12.9. The molecule has 0 fully saturated rings. The fraction of sp³-hybridized carbons (Fsp3) is 0.304. The second-order valence-corrected chi connectivity index (χ2v) is 10.2. The summed E-state index contributed by atoms with van der Waals surface area (Å²) in [6.45, 7) is 6.80. The minimum absolute atomic E-state index is 0.0210. The van der Waals surface area contributed by atoms with Gasteiger partial charge in [-0.3, -0.25) is 14.6 Å². The van der Waals surface area contributed by atoms with E-state index in [2.05, 4.69) is 15.3 Å². The average molecular weight is 456 g/mol. The number of benzene rings is 1. The molecule has 0 saturated carbocycles. The van der Waals surface area contributed by atoms with Gasteiger partial charge in [0.2, 0.25) is 11.8 Å². The molecule has 9 heteroatoms. The van der Waals surface area contributed by atoms with E-state index in [1.165, 1.54) is 24.6 Å². The van der Waals surface area contributed by atoms with Crippen molar-refractivity contribution < 1.29 is 22.4 Å². The number of sulfone groups is 1. The van der Waals surface area contributed by atoms with Crippen LogP contribution in [0.4, 0.5) is 5.69 Å². The van der Waals surface area contributed by atoms with Crippen molar-refractivity contribution >= 4 is 27.2 Å². The van der Waals surface area contributed by atoms with E-state index < -0.39 is 15.3 Å². The van der Waals surface area contributed by atoms with Gasteiger partial charge in [-0.05, 0) is 50.6 Å². The van der Waals surface area contributed by atoms with Gasteiger partial charge in [-0.15, -0.1) is 0 Å². The van der Waals surface area contributed by atoms with Crippen LogP contribution < -0.4 is 5.32 Å². The Bertz CT molecular complexity index is 1230. The van der Waals surface area contributed by atoms with Gasteiger partial charge in [0.15, 0.2) is 15.6 Å².